The summed E-state index contributed by atoms with van der Waals surface area (Å²) >= 11 is 5.45. The first kappa shape index (κ1) is 11.1. The first-order valence-corrected chi connectivity index (χ1v) is 6.56. The van der Waals surface area contributed by atoms with E-state index < -0.39 is 0 Å². The topological polar surface area (TPSA) is 12.0 Å². The summed E-state index contributed by atoms with van der Waals surface area (Å²) in [6.07, 6.45) is 12.5. The Morgan fingerprint density at radius 2 is 2.47 bits per heavy atom. The molecule has 1 saturated heterocycles. The van der Waals surface area contributed by atoms with Crippen molar-refractivity contribution in [3.05, 3.63) is 12.2 Å². The van der Waals surface area contributed by atoms with Crippen molar-refractivity contribution < 1.29 is 0 Å². The third-order valence-corrected chi connectivity index (χ3v) is 4.56. The van der Waals surface area contributed by atoms with Gasteiger partial charge in [-0.05, 0) is 44.4 Å². The minimum atomic E-state index is 0.282. The number of allylic oxidation sites excluding steroid dienone is 2. The Kier molecular flexibility index (Phi) is 3.45. The van der Waals surface area contributed by atoms with Crippen LogP contribution in [0.5, 0.6) is 0 Å². The molecule has 0 amide bonds. The van der Waals surface area contributed by atoms with Crippen LogP contribution in [0.25, 0.3) is 0 Å². The van der Waals surface area contributed by atoms with E-state index in [0.717, 1.165) is 17.5 Å². The molecular weight excluding hydrogens is 202 g/mol. The maximum atomic E-state index is 5.45. The lowest BCUT2D eigenvalue weighted by molar-refractivity contribution is 0.325. The van der Waals surface area contributed by atoms with Crippen molar-refractivity contribution in [3.63, 3.8) is 0 Å². The number of rotatable bonds is 3. The molecule has 0 spiro atoms. The smallest absolute Gasteiger partial charge is 0.0813 e. The predicted molar refractivity (Wildman–Crippen MR) is 69.0 cm³/mol. The molecule has 2 unspecified atom stereocenters. The van der Waals surface area contributed by atoms with Gasteiger partial charge in [0.2, 0.25) is 0 Å². The van der Waals surface area contributed by atoms with Crippen molar-refractivity contribution in [3.8, 4) is 0 Å². The molecule has 2 aliphatic rings. The summed E-state index contributed by atoms with van der Waals surface area (Å²) in [5.41, 5.74) is 0.282. The van der Waals surface area contributed by atoms with Crippen LogP contribution in [0.4, 0.5) is 0 Å². The van der Waals surface area contributed by atoms with Gasteiger partial charge in [0.1, 0.15) is 0 Å². The monoisotopic (exact) mass is 223 g/mol. The highest BCUT2D eigenvalue weighted by atomic mass is 32.1. The van der Waals surface area contributed by atoms with Gasteiger partial charge in [0.15, 0.2) is 0 Å². The number of hydrogen-bond acceptors (Lipinski definition) is 1. The van der Waals surface area contributed by atoms with Crippen molar-refractivity contribution in [2.75, 3.05) is 6.54 Å². The average Bonchev–Trinajstić information content (AvgIpc) is 2.73. The molecule has 2 rings (SSSR count). The van der Waals surface area contributed by atoms with Gasteiger partial charge in [0.25, 0.3) is 0 Å². The van der Waals surface area contributed by atoms with E-state index in [4.69, 9.17) is 12.2 Å². The zero-order valence-electron chi connectivity index (χ0n) is 9.59. The Morgan fingerprint density at radius 1 is 1.60 bits per heavy atom. The SMILES string of the molecule is CC1(CCC2C=CCC2)CCCNC1=S. The quantitative estimate of drug-likeness (QED) is 0.581. The van der Waals surface area contributed by atoms with Crippen LogP contribution in [0.1, 0.15) is 45.4 Å². The number of nitrogens with one attached hydrogen (secondary N) is 1. The molecule has 0 aromatic carbocycles. The van der Waals surface area contributed by atoms with E-state index in [1.54, 1.807) is 0 Å². The molecule has 1 N–H and O–H groups in total. The number of piperidine rings is 1. The Morgan fingerprint density at radius 3 is 3.13 bits per heavy atom. The Hall–Kier alpha value is -0.370. The first-order chi connectivity index (χ1) is 7.21. The molecule has 1 fully saturated rings. The van der Waals surface area contributed by atoms with Gasteiger partial charge < -0.3 is 5.32 Å². The molecule has 15 heavy (non-hydrogen) atoms. The molecule has 1 aliphatic heterocycles. The molecule has 1 aliphatic carbocycles. The van der Waals surface area contributed by atoms with Crippen LogP contribution < -0.4 is 5.32 Å². The van der Waals surface area contributed by atoms with Crippen molar-refractivity contribution in [1.29, 1.82) is 0 Å². The maximum Gasteiger partial charge on any atom is 0.0813 e. The predicted octanol–water partition coefficient (Wildman–Crippen LogP) is 3.45. The summed E-state index contributed by atoms with van der Waals surface area (Å²) < 4.78 is 0. The van der Waals surface area contributed by atoms with Gasteiger partial charge in [-0.25, -0.2) is 0 Å². The van der Waals surface area contributed by atoms with Crippen LogP contribution in [0.2, 0.25) is 0 Å². The molecule has 1 nitrogen and oxygen atoms in total. The lowest BCUT2D eigenvalue weighted by Gasteiger charge is -2.35. The van der Waals surface area contributed by atoms with Crippen molar-refractivity contribution in [2.24, 2.45) is 11.3 Å². The Labute approximate surface area is 98.3 Å². The number of thiocarbonyl (C=S) groups is 1. The lowest BCUT2D eigenvalue weighted by atomic mass is 9.77. The van der Waals surface area contributed by atoms with E-state index in [0.29, 0.717) is 0 Å². The second-order valence-corrected chi connectivity index (χ2v) is 5.63. The fourth-order valence-electron chi connectivity index (χ4n) is 2.69. The zero-order chi connectivity index (χ0) is 10.7. The van der Waals surface area contributed by atoms with Crippen molar-refractivity contribution >= 4 is 17.2 Å². The summed E-state index contributed by atoms with van der Waals surface area (Å²) in [4.78, 5) is 1.11. The van der Waals surface area contributed by atoms with E-state index in [-0.39, 0.29) is 5.41 Å². The minimum absolute atomic E-state index is 0.282. The second kappa shape index (κ2) is 4.65. The molecule has 0 saturated carbocycles. The van der Waals surface area contributed by atoms with Gasteiger partial charge in [-0.2, -0.15) is 0 Å². The molecule has 0 aromatic rings. The average molecular weight is 223 g/mol. The van der Waals surface area contributed by atoms with Crippen LogP contribution in [0.15, 0.2) is 12.2 Å². The maximum absolute atomic E-state index is 5.45. The van der Waals surface area contributed by atoms with Gasteiger partial charge in [-0.3, -0.25) is 0 Å². The summed E-state index contributed by atoms with van der Waals surface area (Å²) in [5.74, 6) is 0.826. The van der Waals surface area contributed by atoms with Gasteiger partial charge in [-0.1, -0.05) is 31.3 Å². The normalized spacial score (nSPS) is 35.5. The minimum Gasteiger partial charge on any atom is -0.379 e. The summed E-state index contributed by atoms with van der Waals surface area (Å²) in [7, 11) is 0. The van der Waals surface area contributed by atoms with Crippen molar-refractivity contribution in [1.82, 2.24) is 5.32 Å². The standard InChI is InChI=1S/C13H21NS/c1-13(8-4-10-14-12(13)15)9-7-11-5-2-3-6-11/h2,5,11H,3-4,6-10H2,1H3,(H,14,15). The van der Waals surface area contributed by atoms with Crippen LogP contribution >= 0.6 is 12.2 Å². The summed E-state index contributed by atoms with van der Waals surface area (Å²) in [6, 6.07) is 0. The molecule has 2 heteroatoms. The van der Waals surface area contributed by atoms with Crippen LogP contribution in [0.3, 0.4) is 0 Å². The van der Waals surface area contributed by atoms with E-state index >= 15 is 0 Å². The third-order valence-electron chi connectivity index (χ3n) is 3.92. The van der Waals surface area contributed by atoms with E-state index in [1.165, 1.54) is 38.5 Å². The molecule has 0 radical (unpaired) electrons. The Bertz CT molecular complexity index is 272. The second-order valence-electron chi connectivity index (χ2n) is 5.22. The third kappa shape index (κ3) is 2.60. The van der Waals surface area contributed by atoms with Gasteiger partial charge >= 0.3 is 0 Å². The molecule has 0 aromatic heterocycles. The summed E-state index contributed by atoms with van der Waals surface area (Å²) in [5, 5.41) is 3.36. The lowest BCUT2D eigenvalue weighted by Crippen LogP contribution is -2.42. The van der Waals surface area contributed by atoms with E-state index in [1.807, 2.05) is 0 Å². The molecule has 1 heterocycles. The fraction of sp³-hybridized carbons (Fsp3) is 0.769. The van der Waals surface area contributed by atoms with Crippen LogP contribution in [0, 0.1) is 11.3 Å². The number of hydrogen-bond donors (Lipinski definition) is 1. The molecular formula is C13H21NS. The first-order valence-electron chi connectivity index (χ1n) is 6.16. The molecule has 84 valence electrons. The van der Waals surface area contributed by atoms with Crippen LogP contribution in [-0.2, 0) is 0 Å². The van der Waals surface area contributed by atoms with Crippen molar-refractivity contribution in [2.45, 2.75) is 45.4 Å². The zero-order valence-corrected chi connectivity index (χ0v) is 10.4. The highest BCUT2D eigenvalue weighted by Gasteiger charge is 2.32. The van der Waals surface area contributed by atoms with E-state index in [9.17, 15) is 0 Å². The van der Waals surface area contributed by atoms with Gasteiger partial charge in [-0.15, -0.1) is 0 Å². The highest BCUT2D eigenvalue weighted by Crippen LogP contribution is 2.35. The summed E-state index contributed by atoms with van der Waals surface area (Å²) in [6.45, 7) is 3.41. The van der Waals surface area contributed by atoms with Crippen LogP contribution in [-0.4, -0.2) is 11.5 Å². The largest absolute Gasteiger partial charge is 0.379 e. The molecule has 2 atom stereocenters. The fourth-order valence-corrected chi connectivity index (χ4v) is 2.99. The highest BCUT2D eigenvalue weighted by molar-refractivity contribution is 7.80. The van der Waals surface area contributed by atoms with E-state index in [2.05, 4.69) is 24.4 Å². The van der Waals surface area contributed by atoms with Gasteiger partial charge in [0.05, 0.1) is 4.99 Å². The van der Waals surface area contributed by atoms with Gasteiger partial charge in [0, 0.05) is 12.0 Å². The molecule has 0 bridgehead atoms. The Balaban J connectivity index is 1.85.